The van der Waals surface area contributed by atoms with Gasteiger partial charge in [-0.05, 0) is 57.1 Å². The first-order valence-electron chi connectivity index (χ1n) is 10.1. The highest BCUT2D eigenvalue weighted by Crippen LogP contribution is 2.47. The molecule has 1 heteroatoms. The van der Waals surface area contributed by atoms with Gasteiger partial charge in [-0.1, -0.05) is 78.9 Å². The molecule has 29 heavy (non-hydrogen) atoms. The van der Waals surface area contributed by atoms with E-state index in [1.165, 1.54) is 55.3 Å². The highest BCUT2D eigenvalue weighted by molar-refractivity contribution is 6.14. The maximum Gasteiger partial charge on any atom is 0.0794 e. The van der Waals surface area contributed by atoms with E-state index in [4.69, 9.17) is 4.98 Å². The Kier molecular flexibility index (Phi) is 2.85. The Morgan fingerprint density at radius 2 is 1.24 bits per heavy atom. The molecule has 0 saturated carbocycles. The molecule has 0 amide bonds. The largest absolute Gasteiger partial charge is 0.247 e. The van der Waals surface area contributed by atoms with E-state index in [2.05, 4.69) is 91.0 Å². The summed E-state index contributed by atoms with van der Waals surface area (Å²) in [7, 11) is 0. The standard InChI is InChI=1S/C28H17N/c1-2-9-19-18(6-1)16-25-20(19)10-5-11-21(25)26-15-14-23-22-12-3-7-17-8-4-13-24(27(17)22)28(23)29-26/h1-15H,16H2. The monoisotopic (exact) mass is 367 g/mol. The molecule has 5 aromatic rings. The molecule has 2 aliphatic carbocycles. The van der Waals surface area contributed by atoms with Crippen molar-refractivity contribution in [2.45, 2.75) is 6.42 Å². The number of fused-ring (bicyclic) bond motifs is 6. The summed E-state index contributed by atoms with van der Waals surface area (Å²) >= 11 is 0. The molecule has 0 unspecified atom stereocenters. The van der Waals surface area contributed by atoms with Crippen LogP contribution < -0.4 is 0 Å². The Bertz CT molecular complexity index is 1470. The molecular formula is C28H17N. The van der Waals surface area contributed by atoms with Crippen LogP contribution in [0.5, 0.6) is 0 Å². The Morgan fingerprint density at radius 3 is 2.17 bits per heavy atom. The molecule has 2 aliphatic rings. The van der Waals surface area contributed by atoms with E-state index in [1.54, 1.807) is 0 Å². The minimum absolute atomic E-state index is 0.982. The van der Waals surface area contributed by atoms with Gasteiger partial charge in [-0.2, -0.15) is 0 Å². The fourth-order valence-corrected chi connectivity index (χ4v) is 5.19. The average Bonchev–Trinajstić information content (AvgIpc) is 3.31. The summed E-state index contributed by atoms with van der Waals surface area (Å²) in [4.78, 5) is 5.20. The summed E-state index contributed by atoms with van der Waals surface area (Å²) in [5.41, 5.74) is 12.8. The van der Waals surface area contributed by atoms with Crippen molar-refractivity contribution in [2.24, 2.45) is 0 Å². The molecule has 134 valence electrons. The topological polar surface area (TPSA) is 12.9 Å². The maximum atomic E-state index is 5.20. The van der Waals surface area contributed by atoms with Crippen LogP contribution in [-0.4, -0.2) is 4.98 Å². The highest BCUT2D eigenvalue weighted by atomic mass is 14.7. The molecule has 0 spiro atoms. The van der Waals surface area contributed by atoms with Crippen molar-refractivity contribution >= 4 is 10.8 Å². The lowest BCUT2D eigenvalue weighted by Crippen LogP contribution is -1.92. The van der Waals surface area contributed by atoms with Crippen LogP contribution in [0.4, 0.5) is 0 Å². The molecule has 0 atom stereocenters. The molecule has 7 rings (SSSR count). The van der Waals surface area contributed by atoms with Crippen molar-refractivity contribution < 1.29 is 0 Å². The summed E-state index contributed by atoms with van der Waals surface area (Å²) in [6.45, 7) is 0. The normalized spacial score (nSPS) is 12.7. The van der Waals surface area contributed by atoms with Gasteiger partial charge in [-0.25, -0.2) is 4.98 Å². The zero-order chi connectivity index (χ0) is 18.9. The number of hydrogen-bond donors (Lipinski definition) is 0. The van der Waals surface area contributed by atoms with Gasteiger partial charge in [0, 0.05) is 16.7 Å². The van der Waals surface area contributed by atoms with E-state index in [0.717, 1.165) is 17.8 Å². The number of pyridine rings is 1. The molecule has 0 radical (unpaired) electrons. The molecule has 0 fully saturated rings. The Balaban J connectivity index is 1.45. The lowest BCUT2D eigenvalue weighted by atomic mass is 9.98. The van der Waals surface area contributed by atoms with Crippen LogP contribution in [0, 0.1) is 0 Å². The van der Waals surface area contributed by atoms with Gasteiger partial charge in [-0.15, -0.1) is 0 Å². The van der Waals surface area contributed by atoms with Crippen LogP contribution in [0.3, 0.4) is 0 Å². The van der Waals surface area contributed by atoms with E-state index >= 15 is 0 Å². The molecule has 4 aromatic carbocycles. The molecule has 1 heterocycles. The Morgan fingerprint density at radius 1 is 0.517 bits per heavy atom. The predicted octanol–water partition coefficient (Wildman–Crippen LogP) is 7.12. The van der Waals surface area contributed by atoms with Crippen molar-refractivity contribution in [3.05, 3.63) is 102 Å². The molecule has 0 saturated heterocycles. The summed E-state index contributed by atoms with van der Waals surface area (Å²) in [5, 5.41) is 2.62. The summed E-state index contributed by atoms with van der Waals surface area (Å²) in [6.07, 6.45) is 0.982. The number of hydrogen-bond acceptors (Lipinski definition) is 1. The van der Waals surface area contributed by atoms with Crippen LogP contribution in [0.25, 0.3) is 55.5 Å². The van der Waals surface area contributed by atoms with Gasteiger partial charge < -0.3 is 0 Å². The van der Waals surface area contributed by atoms with E-state index < -0.39 is 0 Å². The number of aromatic nitrogens is 1. The molecule has 0 bridgehead atoms. The smallest absolute Gasteiger partial charge is 0.0794 e. The van der Waals surface area contributed by atoms with Crippen LogP contribution in [0.2, 0.25) is 0 Å². The second-order valence-corrected chi connectivity index (χ2v) is 7.97. The molecule has 1 aromatic heterocycles. The van der Waals surface area contributed by atoms with Gasteiger partial charge in [-0.3, -0.25) is 0 Å². The zero-order valence-corrected chi connectivity index (χ0v) is 15.8. The zero-order valence-electron chi connectivity index (χ0n) is 15.8. The third kappa shape index (κ3) is 1.97. The summed E-state index contributed by atoms with van der Waals surface area (Å²) in [6, 6.07) is 32.9. The fourth-order valence-electron chi connectivity index (χ4n) is 5.19. The average molecular weight is 367 g/mol. The summed E-state index contributed by atoms with van der Waals surface area (Å²) < 4.78 is 0. The van der Waals surface area contributed by atoms with Crippen molar-refractivity contribution in [1.29, 1.82) is 0 Å². The van der Waals surface area contributed by atoms with E-state index in [-0.39, 0.29) is 0 Å². The quantitative estimate of drug-likeness (QED) is 0.301. The van der Waals surface area contributed by atoms with Crippen LogP contribution in [0.1, 0.15) is 11.1 Å². The third-order valence-electron chi connectivity index (χ3n) is 6.47. The Labute approximate surface area is 169 Å². The fraction of sp³-hybridized carbons (Fsp3) is 0.0357. The van der Waals surface area contributed by atoms with Gasteiger partial charge in [0.2, 0.25) is 0 Å². The van der Waals surface area contributed by atoms with E-state index in [9.17, 15) is 0 Å². The van der Waals surface area contributed by atoms with Gasteiger partial charge in [0.05, 0.1) is 11.4 Å². The number of nitrogens with zero attached hydrogens (tertiary/aromatic N) is 1. The minimum Gasteiger partial charge on any atom is -0.247 e. The van der Waals surface area contributed by atoms with Crippen molar-refractivity contribution in [3.63, 3.8) is 0 Å². The molecule has 0 N–H and O–H groups in total. The van der Waals surface area contributed by atoms with Gasteiger partial charge >= 0.3 is 0 Å². The van der Waals surface area contributed by atoms with Gasteiger partial charge in [0.25, 0.3) is 0 Å². The van der Waals surface area contributed by atoms with Crippen LogP contribution >= 0.6 is 0 Å². The number of benzene rings is 4. The molecule has 1 nitrogen and oxygen atoms in total. The van der Waals surface area contributed by atoms with Gasteiger partial charge in [0.1, 0.15) is 0 Å². The van der Waals surface area contributed by atoms with Crippen LogP contribution in [0.15, 0.2) is 91.0 Å². The number of rotatable bonds is 1. The van der Waals surface area contributed by atoms with Crippen molar-refractivity contribution in [1.82, 2.24) is 4.98 Å². The summed E-state index contributed by atoms with van der Waals surface area (Å²) in [5.74, 6) is 0. The SMILES string of the molecule is c1ccc2c(c1)Cc1c(-c3ccc4c(n3)-c3cccc5cccc-4c35)cccc1-2. The first-order valence-corrected chi connectivity index (χ1v) is 10.1. The first kappa shape index (κ1) is 15.2. The molecule has 0 aliphatic heterocycles. The van der Waals surface area contributed by atoms with E-state index in [1.807, 2.05) is 0 Å². The lowest BCUT2D eigenvalue weighted by Gasteiger charge is -2.10. The maximum absolute atomic E-state index is 5.20. The first-order chi connectivity index (χ1) is 14.4. The minimum atomic E-state index is 0.982. The van der Waals surface area contributed by atoms with Crippen molar-refractivity contribution in [2.75, 3.05) is 0 Å². The molecular weight excluding hydrogens is 350 g/mol. The van der Waals surface area contributed by atoms with Gasteiger partial charge in [0.15, 0.2) is 0 Å². The second kappa shape index (κ2) is 5.42. The van der Waals surface area contributed by atoms with Crippen LogP contribution in [-0.2, 0) is 6.42 Å². The van der Waals surface area contributed by atoms with Crippen molar-refractivity contribution in [3.8, 4) is 44.8 Å². The highest BCUT2D eigenvalue weighted by Gasteiger charge is 2.25. The Hall–Kier alpha value is -3.71. The second-order valence-electron chi connectivity index (χ2n) is 7.97. The third-order valence-corrected chi connectivity index (χ3v) is 6.47. The van der Waals surface area contributed by atoms with E-state index in [0.29, 0.717) is 0 Å². The predicted molar refractivity (Wildman–Crippen MR) is 120 cm³/mol. The lowest BCUT2D eigenvalue weighted by molar-refractivity contribution is 1.24.